The minimum absolute atomic E-state index is 0.192. The average Bonchev–Trinajstić information content (AvgIpc) is 3.09. The minimum atomic E-state index is -3.54. The molecule has 1 aliphatic rings. The first-order valence-corrected chi connectivity index (χ1v) is 9.37. The van der Waals surface area contributed by atoms with Crippen LogP contribution >= 0.6 is 0 Å². The van der Waals surface area contributed by atoms with Crippen molar-refractivity contribution in [1.29, 1.82) is 0 Å². The third-order valence-electron chi connectivity index (χ3n) is 3.88. The molecule has 0 radical (unpaired) electrons. The lowest BCUT2D eigenvalue weighted by Gasteiger charge is -2.31. The monoisotopic (exact) mass is 352 g/mol. The Hall–Kier alpha value is -1.84. The molecule has 0 aliphatic carbocycles. The number of ether oxygens (including phenoxy) is 1. The maximum atomic E-state index is 12.6. The number of pyridine rings is 1. The maximum absolute atomic E-state index is 12.6. The third kappa shape index (κ3) is 3.80. The summed E-state index contributed by atoms with van der Waals surface area (Å²) in [5.74, 6) is 1.05. The van der Waals surface area contributed by atoms with Crippen molar-refractivity contribution in [3.63, 3.8) is 0 Å². The van der Waals surface area contributed by atoms with Gasteiger partial charge in [-0.3, -0.25) is 4.98 Å². The Balaban J connectivity index is 1.62. The van der Waals surface area contributed by atoms with Crippen molar-refractivity contribution >= 4 is 10.0 Å². The Kier molecular flexibility index (Phi) is 5.22. The largest absolute Gasteiger partial charge is 0.367 e. The lowest BCUT2D eigenvalue weighted by Crippen LogP contribution is -2.43. The van der Waals surface area contributed by atoms with Gasteiger partial charge in [-0.15, -0.1) is 0 Å². The zero-order valence-electron chi connectivity index (χ0n) is 13.5. The van der Waals surface area contributed by atoms with Gasteiger partial charge in [0, 0.05) is 31.9 Å². The predicted octanol–water partition coefficient (Wildman–Crippen LogP) is 1.40. The van der Waals surface area contributed by atoms with E-state index in [4.69, 9.17) is 9.26 Å². The summed E-state index contributed by atoms with van der Waals surface area (Å²) >= 11 is 0. The Morgan fingerprint density at radius 3 is 3.04 bits per heavy atom. The van der Waals surface area contributed by atoms with E-state index in [1.807, 2.05) is 6.92 Å². The van der Waals surface area contributed by atoms with E-state index in [0.717, 1.165) is 12.8 Å². The second kappa shape index (κ2) is 7.37. The number of hydrogen-bond donors (Lipinski definition) is 0. The molecule has 1 atom stereocenters. The summed E-state index contributed by atoms with van der Waals surface area (Å²) in [6.45, 7) is 2.93. The second-order valence-corrected chi connectivity index (χ2v) is 7.52. The first kappa shape index (κ1) is 17.0. The zero-order valence-corrected chi connectivity index (χ0v) is 14.3. The Morgan fingerprint density at radius 2 is 2.33 bits per heavy atom. The van der Waals surface area contributed by atoms with Crippen molar-refractivity contribution in [2.45, 2.75) is 43.8 Å². The van der Waals surface area contributed by atoms with Gasteiger partial charge in [0.15, 0.2) is 5.82 Å². The van der Waals surface area contributed by atoms with Crippen molar-refractivity contribution < 1.29 is 17.7 Å². The smallest absolute Gasteiger partial charge is 0.252 e. The van der Waals surface area contributed by atoms with Crippen molar-refractivity contribution in [3.8, 4) is 0 Å². The molecule has 0 saturated carbocycles. The summed E-state index contributed by atoms with van der Waals surface area (Å²) in [6, 6.07) is 3.17. The van der Waals surface area contributed by atoms with Crippen LogP contribution in [0.15, 0.2) is 33.9 Å². The van der Waals surface area contributed by atoms with Gasteiger partial charge in [-0.1, -0.05) is 12.1 Å². The number of aromatic nitrogens is 3. The van der Waals surface area contributed by atoms with Gasteiger partial charge in [-0.2, -0.15) is 9.29 Å². The molecule has 0 amide bonds. The van der Waals surface area contributed by atoms with Crippen LogP contribution in [0.2, 0.25) is 0 Å². The predicted molar refractivity (Wildman–Crippen MR) is 84.5 cm³/mol. The topological polar surface area (TPSA) is 98.4 Å². The van der Waals surface area contributed by atoms with Crippen LogP contribution in [0.3, 0.4) is 0 Å². The molecule has 3 rings (SSSR count). The van der Waals surface area contributed by atoms with Crippen LogP contribution in [-0.4, -0.2) is 47.0 Å². The van der Waals surface area contributed by atoms with Crippen molar-refractivity contribution in [2.75, 3.05) is 13.1 Å². The van der Waals surface area contributed by atoms with Gasteiger partial charge in [0.1, 0.15) is 11.5 Å². The van der Waals surface area contributed by atoms with E-state index in [9.17, 15) is 8.42 Å². The van der Waals surface area contributed by atoms with E-state index in [1.165, 1.54) is 10.5 Å². The Morgan fingerprint density at radius 1 is 1.46 bits per heavy atom. The van der Waals surface area contributed by atoms with E-state index in [2.05, 4.69) is 15.1 Å². The first-order valence-electron chi connectivity index (χ1n) is 7.93. The van der Waals surface area contributed by atoms with E-state index in [1.54, 1.807) is 18.3 Å². The molecule has 2 aromatic heterocycles. The van der Waals surface area contributed by atoms with E-state index < -0.39 is 10.0 Å². The average molecular weight is 352 g/mol. The van der Waals surface area contributed by atoms with Crippen molar-refractivity contribution in [1.82, 2.24) is 19.4 Å². The van der Waals surface area contributed by atoms with Gasteiger partial charge in [-0.25, -0.2) is 8.42 Å². The highest BCUT2D eigenvalue weighted by molar-refractivity contribution is 7.89. The second-order valence-electron chi connectivity index (χ2n) is 5.58. The molecule has 0 N–H and O–H groups in total. The summed E-state index contributed by atoms with van der Waals surface area (Å²) in [5.41, 5.74) is 0. The molecule has 1 aliphatic heterocycles. The van der Waals surface area contributed by atoms with Crippen LogP contribution < -0.4 is 0 Å². The normalized spacial score (nSPS) is 19.5. The molecule has 9 heteroatoms. The highest BCUT2D eigenvalue weighted by Gasteiger charge is 2.31. The molecule has 0 bridgehead atoms. The standard InChI is InChI=1S/C15H20N4O4S/c1-2-14-17-15(23-18-14)11-22-12-5-4-8-19(10-12)24(20,21)13-6-3-7-16-9-13/h3,6-7,9,12H,2,4-5,8,10-11H2,1H3/t12-/m1/s1. The van der Waals surface area contributed by atoms with Gasteiger partial charge in [-0.05, 0) is 25.0 Å². The lowest BCUT2D eigenvalue weighted by molar-refractivity contribution is -0.00296. The van der Waals surface area contributed by atoms with Crippen LogP contribution in [0.4, 0.5) is 0 Å². The molecular formula is C15H20N4O4S. The molecule has 130 valence electrons. The molecule has 3 heterocycles. The molecule has 8 nitrogen and oxygen atoms in total. The Labute approximate surface area is 140 Å². The van der Waals surface area contributed by atoms with Crippen LogP contribution in [-0.2, 0) is 27.8 Å². The highest BCUT2D eigenvalue weighted by atomic mass is 32.2. The fourth-order valence-corrected chi connectivity index (χ4v) is 4.06. The summed E-state index contributed by atoms with van der Waals surface area (Å²) in [6.07, 6.45) is 4.97. The number of piperidine rings is 1. The SMILES string of the molecule is CCc1noc(CO[C@@H]2CCCN(S(=O)(=O)c3cccnc3)C2)n1. The van der Waals surface area contributed by atoms with Crippen LogP contribution in [0.1, 0.15) is 31.5 Å². The van der Waals surface area contributed by atoms with Crippen molar-refractivity contribution in [2.24, 2.45) is 0 Å². The van der Waals surface area contributed by atoms with Gasteiger partial charge >= 0.3 is 0 Å². The van der Waals surface area contributed by atoms with Crippen LogP contribution in [0, 0.1) is 0 Å². The maximum Gasteiger partial charge on any atom is 0.252 e. The molecule has 0 spiro atoms. The van der Waals surface area contributed by atoms with E-state index in [-0.39, 0.29) is 17.6 Å². The van der Waals surface area contributed by atoms with Crippen LogP contribution in [0.5, 0.6) is 0 Å². The number of aryl methyl sites for hydroxylation is 1. The van der Waals surface area contributed by atoms with Crippen LogP contribution in [0.25, 0.3) is 0 Å². The molecular weight excluding hydrogens is 332 g/mol. The van der Waals surface area contributed by atoms with Gasteiger partial charge in [0.05, 0.1) is 6.10 Å². The zero-order chi connectivity index (χ0) is 17.0. The molecule has 0 aromatic carbocycles. The first-order chi connectivity index (χ1) is 11.6. The summed E-state index contributed by atoms with van der Waals surface area (Å²) in [7, 11) is -3.54. The quantitative estimate of drug-likeness (QED) is 0.775. The van der Waals surface area contributed by atoms with Crippen molar-refractivity contribution in [3.05, 3.63) is 36.2 Å². The lowest BCUT2D eigenvalue weighted by atomic mass is 10.1. The highest BCUT2D eigenvalue weighted by Crippen LogP contribution is 2.22. The summed E-state index contributed by atoms with van der Waals surface area (Å²) in [4.78, 5) is 8.28. The van der Waals surface area contributed by atoms with E-state index in [0.29, 0.717) is 31.2 Å². The fourth-order valence-electron chi connectivity index (χ4n) is 2.59. The van der Waals surface area contributed by atoms with Gasteiger partial charge in [0.2, 0.25) is 10.0 Å². The number of rotatable bonds is 6. The number of nitrogens with zero attached hydrogens (tertiary/aromatic N) is 4. The molecule has 0 unspecified atom stereocenters. The molecule has 2 aromatic rings. The molecule has 1 saturated heterocycles. The minimum Gasteiger partial charge on any atom is -0.367 e. The fraction of sp³-hybridized carbons (Fsp3) is 0.533. The van der Waals surface area contributed by atoms with Gasteiger partial charge in [0.25, 0.3) is 5.89 Å². The number of hydrogen-bond acceptors (Lipinski definition) is 7. The molecule has 1 fully saturated rings. The summed E-state index contributed by atoms with van der Waals surface area (Å²) in [5, 5.41) is 3.81. The molecule has 24 heavy (non-hydrogen) atoms. The Bertz CT molecular complexity index is 763. The van der Waals surface area contributed by atoms with Gasteiger partial charge < -0.3 is 9.26 Å². The summed E-state index contributed by atoms with van der Waals surface area (Å²) < 4.78 is 37.6. The van der Waals surface area contributed by atoms with E-state index >= 15 is 0 Å². The third-order valence-corrected chi connectivity index (χ3v) is 5.73. The number of sulfonamides is 1.